The number of benzene rings is 2. The molecule has 7 heteroatoms. The van der Waals surface area contributed by atoms with Crippen molar-refractivity contribution in [1.29, 1.82) is 0 Å². The molecule has 0 spiro atoms. The molecule has 1 unspecified atom stereocenters. The fourth-order valence-electron chi connectivity index (χ4n) is 3.67. The summed E-state index contributed by atoms with van der Waals surface area (Å²) in [5.41, 5.74) is 4.76. The quantitative estimate of drug-likeness (QED) is 0.367. The Hall–Kier alpha value is -1.76. The third-order valence-electron chi connectivity index (χ3n) is 5.22. The van der Waals surface area contributed by atoms with Crippen LogP contribution in [0, 0.1) is 5.82 Å². The summed E-state index contributed by atoms with van der Waals surface area (Å²) in [6.45, 7) is 2.13. The van der Waals surface area contributed by atoms with Crippen molar-refractivity contribution in [3.8, 4) is 0 Å². The van der Waals surface area contributed by atoms with Crippen LogP contribution in [0.3, 0.4) is 0 Å². The molecule has 0 amide bonds. The van der Waals surface area contributed by atoms with E-state index in [1.54, 1.807) is 12.3 Å². The van der Waals surface area contributed by atoms with Gasteiger partial charge < -0.3 is 10.0 Å². The molecule has 0 aliphatic heterocycles. The summed E-state index contributed by atoms with van der Waals surface area (Å²) in [5, 5.41) is 6.55. The average molecular weight is 448 g/mol. The Kier molecular flexibility index (Phi) is 6.63. The molecule has 1 aliphatic carbocycles. The van der Waals surface area contributed by atoms with Crippen molar-refractivity contribution in [1.82, 2.24) is 4.98 Å². The van der Waals surface area contributed by atoms with Crippen molar-refractivity contribution < 1.29 is 4.39 Å². The van der Waals surface area contributed by atoms with E-state index in [1.807, 2.05) is 5.38 Å². The summed E-state index contributed by atoms with van der Waals surface area (Å²) in [5.74, 6) is -0.314. The van der Waals surface area contributed by atoms with E-state index >= 15 is 0 Å². The normalized spacial score (nSPS) is 14.3. The summed E-state index contributed by atoms with van der Waals surface area (Å²) < 4.78 is 17.7. The van der Waals surface area contributed by atoms with Gasteiger partial charge in [-0.2, -0.15) is 0 Å². The van der Waals surface area contributed by atoms with E-state index in [1.165, 1.54) is 65.3 Å². The fraction of sp³-hybridized carbons (Fsp3) is 0.318. The van der Waals surface area contributed by atoms with Gasteiger partial charge in [0.05, 0.1) is 21.6 Å². The molecule has 3 aromatic rings. The number of nitrogens with one attached hydrogen (secondary N) is 2. The lowest BCUT2D eigenvalue weighted by Gasteiger charge is -2.23. The monoisotopic (exact) mass is 447 g/mol. The van der Waals surface area contributed by atoms with Crippen LogP contribution in [0.15, 0.2) is 46.8 Å². The highest BCUT2D eigenvalue weighted by Gasteiger charge is 2.17. The first-order valence-corrected chi connectivity index (χ1v) is 11.9. The number of halogens is 2. The van der Waals surface area contributed by atoms with Gasteiger partial charge in [0.2, 0.25) is 0 Å². The van der Waals surface area contributed by atoms with Crippen LogP contribution in [-0.4, -0.2) is 4.98 Å². The number of anilines is 2. The van der Waals surface area contributed by atoms with Crippen LogP contribution in [0.1, 0.15) is 48.9 Å². The van der Waals surface area contributed by atoms with Gasteiger partial charge in [0.25, 0.3) is 0 Å². The summed E-state index contributed by atoms with van der Waals surface area (Å²) in [7, 11) is 0. The molecule has 2 aromatic carbocycles. The molecule has 0 saturated carbocycles. The van der Waals surface area contributed by atoms with Crippen molar-refractivity contribution in [3.05, 3.63) is 69.4 Å². The van der Waals surface area contributed by atoms with E-state index in [2.05, 4.69) is 40.1 Å². The second kappa shape index (κ2) is 9.37. The highest BCUT2D eigenvalue weighted by atomic mass is 35.5. The summed E-state index contributed by atoms with van der Waals surface area (Å²) >= 11 is 9.12. The van der Waals surface area contributed by atoms with E-state index in [0.717, 1.165) is 18.0 Å². The minimum Gasteiger partial charge on any atom is -0.377 e. The van der Waals surface area contributed by atoms with Gasteiger partial charge in [-0.15, -0.1) is 11.3 Å². The molecule has 2 N–H and O–H groups in total. The maximum absolute atomic E-state index is 14.7. The van der Waals surface area contributed by atoms with Crippen LogP contribution in [-0.2, 0) is 12.8 Å². The van der Waals surface area contributed by atoms with Crippen LogP contribution in [0.2, 0.25) is 5.02 Å². The Morgan fingerprint density at radius 3 is 2.79 bits per heavy atom. The molecule has 152 valence electrons. The van der Waals surface area contributed by atoms with Gasteiger partial charge >= 0.3 is 0 Å². The first-order chi connectivity index (χ1) is 14.1. The summed E-state index contributed by atoms with van der Waals surface area (Å²) in [6, 6.07) is 9.98. The molecule has 1 aliphatic rings. The average Bonchev–Trinajstić information content (AvgIpc) is 3.26. The van der Waals surface area contributed by atoms with Crippen LogP contribution in [0.25, 0.3) is 0 Å². The SMILES string of the molecule is CCC(Nc1cc(F)c(SNc2nccs2)cc1Cl)c1ccc2c(c1)CCCC2. The van der Waals surface area contributed by atoms with E-state index < -0.39 is 0 Å². The maximum atomic E-state index is 14.7. The van der Waals surface area contributed by atoms with Crippen molar-refractivity contribution in [2.24, 2.45) is 0 Å². The largest absolute Gasteiger partial charge is 0.377 e. The Labute approximate surface area is 184 Å². The highest BCUT2D eigenvalue weighted by molar-refractivity contribution is 8.00. The van der Waals surface area contributed by atoms with E-state index in [4.69, 9.17) is 11.6 Å². The molecule has 0 bridgehead atoms. The molecular formula is C22H23ClFN3S2. The number of aromatic nitrogens is 1. The Morgan fingerprint density at radius 1 is 1.21 bits per heavy atom. The first kappa shape index (κ1) is 20.5. The third kappa shape index (κ3) is 4.87. The molecule has 0 fully saturated rings. The zero-order valence-electron chi connectivity index (χ0n) is 16.2. The minimum absolute atomic E-state index is 0.0890. The second-order valence-electron chi connectivity index (χ2n) is 7.14. The fourth-order valence-corrected chi connectivity index (χ4v) is 5.22. The number of thiazole rings is 1. The Morgan fingerprint density at radius 2 is 2.03 bits per heavy atom. The van der Waals surface area contributed by atoms with Crippen LogP contribution in [0.5, 0.6) is 0 Å². The smallest absolute Gasteiger partial charge is 0.192 e. The topological polar surface area (TPSA) is 37.0 Å². The lowest BCUT2D eigenvalue weighted by Crippen LogP contribution is -2.12. The number of rotatable bonds is 7. The Balaban J connectivity index is 1.50. The van der Waals surface area contributed by atoms with Gasteiger partial charge in [0.1, 0.15) is 5.82 Å². The molecule has 0 radical (unpaired) electrons. The number of nitrogens with zero attached hydrogens (tertiary/aromatic N) is 1. The molecule has 4 rings (SSSR count). The zero-order chi connectivity index (χ0) is 20.2. The number of fused-ring (bicyclic) bond motifs is 1. The molecule has 3 nitrogen and oxygen atoms in total. The van der Waals surface area contributed by atoms with Gasteiger partial charge in [-0.05, 0) is 72.9 Å². The zero-order valence-corrected chi connectivity index (χ0v) is 18.6. The van der Waals surface area contributed by atoms with Crippen LogP contribution >= 0.6 is 34.9 Å². The standard InChI is InChI=1S/C22H23ClFN3S2/c1-2-19(16-8-7-14-5-3-4-6-15(14)11-16)26-20-13-18(24)21(12-17(20)23)29-27-22-25-9-10-28-22/h7-13,19,26H,2-6H2,1H3,(H,25,27). The lowest BCUT2D eigenvalue weighted by molar-refractivity contribution is 0.602. The van der Waals surface area contributed by atoms with Crippen LogP contribution in [0.4, 0.5) is 15.2 Å². The molecular weight excluding hydrogens is 425 g/mol. The maximum Gasteiger partial charge on any atom is 0.192 e. The molecule has 29 heavy (non-hydrogen) atoms. The van der Waals surface area contributed by atoms with Gasteiger partial charge in [0, 0.05) is 11.6 Å². The van der Waals surface area contributed by atoms with Crippen molar-refractivity contribution in [3.63, 3.8) is 0 Å². The van der Waals surface area contributed by atoms with E-state index in [0.29, 0.717) is 15.6 Å². The van der Waals surface area contributed by atoms with Crippen molar-refractivity contribution in [2.75, 3.05) is 10.0 Å². The predicted molar refractivity (Wildman–Crippen MR) is 123 cm³/mol. The third-order valence-corrected chi connectivity index (χ3v) is 7.17. The molecule has 0 saturated heterocycles. The number of hydrogen-bond donors (Lipinski definition) is 2. The molecule has 1 aromatic heterocycles. The first-order valence-electron chi connectivity index (χ1n) is 9.83. The molecule has 1 atom stereocenters. The van der Waals surface area contributed by atoms with E-state index in [9.17, 15) is 4.39 Å². The van der Waals surface area contributed by atoms with Gasteiger partial charge in [-0.3, -0.25) is 0 Å². The predicted octanol–water partition coefficient (Wildman–Crippen LogP) is 7.50. The number of hydrogen-bond acceptors (Lipinski definition) is 5. The second-order valence-corrected chi connectivity index (χ2v) is 9.29. The van der Waals surface area contributed by atoms with E-state index in [-0.39, 0.29) is 11.9 Å². The summed E-state index contributed by atoms with van der Waals surface area (Å²) in [6.07, 6.45) is 7.44. The molecule has 1 heterocycles. The minimum atomic E-state index is -0.314. The van der Waals surface area contributed by atoms with Crippen molar-refractivity contribution >= 4 is 45.7 Å². The lowest BCUT2D eigenvalue weighted by atomic mass is 9.88. The summed E-state index contributed by atoms with van der Waals surface area (Å²) in [4.78, 5) is 4.58. The Bertz CT molecular complexity index is 978. The number of aryl methyl sites for hydroxylation is 2. The van der Waals surface area contributed by atoms with Gasteiger partial charge in [-0.25, -0.2) is 9.37 Å². The van der Waals surface area contributed by atoms with Gasteiger partial charge in [-0.1, -0.05) is 36.7 Å². The van der Waals surface area contributed by atoms with Crippen LogP contribution < -0.4 is 10.0 Å². The highest BCUT2D eigenvalue weighted by Crippen LogP contribution is 2.35. The van der Waals surface area contributed by atoms with Gasteiger partial charge in [0.15, 0.2) is 5.13 Å². The van der Waals surface area contributed by atoms with Crippen molar-refractivity contribution in [2.45, 2.75) is 50.0 Å².